The molecule has 1 aliphatic rings. The highest BCUT2D eigenvalue weighted by Gasteiger charge is 2.41. The molecule has 0 aromatic rings. The van der Waals surface area contributed by atoms with Crippen LogP contribution in [0.4, 0.5) is 0 Å². The number of hydrogen-bond acceptors (Lipinski definition) is 3. The molecule has 0 amide bonds. The van der Waals surface area contributed by atoms with Crippen LogP contribution < -0.4 is 0 Å². The molecule has 1 saturated heterocycles. The molecular formula is C12H22NO3+. The van der Waals surface area contributed by atoms with Crippen LogP contribution in [0.5, 0.6) is 0 Å². The maximum Gasteiger partial charge on any atom is 0.361 e. The van der Waals surface area contributed by atoms with Crippen molar-refractivity contribution in [2.24, 2.45) is 5.92 Å². The molecule has 0 bridgehead atoms. The molecule has 92 valence electrons. The lowest BCUT2D eigenvalue weighted by molar-refractivity contribution is -0.929. The lowest BCUT2D eigenvalue weighted by Gasteiger charge is -2.44. The number of rotatable bonds is 3. The summed E-state index contributed by atoms with van der Waals surface area (Å²) in [5.74, 6) is 0.195. The maximum atomic E-state index is 11.6. The van der Waals surface area contributed by atoms with E-state index in [0.717, 1.165) is 6.54 Å². The number of likely N-dealkylation sites (N-methyl/N-ethyl adjacent to an activating group) is 1. The van der Waals surface area contributed by atoms with Gasteiger partial charge in [-0.3, -0.25) is 4.79 Å². The van der Waals surface area contributed by atoms with Gasteiger partial charge in [0.2, 0.25) is 0 Å². The molecule has 0 aromatic heterocycles. The van der Waals surface area contributed by atoms with Gasteiger partial charge in [-0.2, -0.15) is 0 Å². The molecule has 3 unspecified atom stereocenters. The summed E-state index contributed by atoms with van der Waals surface area (Å²) in [4.78, 5) is 23.1. The van der Waals surface area contributed by atoms with Crippen molar-refractivity contribution in [1.29, 1.82) is 0 Å². The molecule has 1 heterocycles. The number of carbonyl (C=O) groups is 2. The van der Waals surface area contributed by atoms with Crippen molar-refractivity contribution in [2.45, 2.75) is 33.2 Å². The van der Waals surface area contributed by atoms with Gasteiger partial charge < -0.3 is 9.22 Å². The summed E-state index contributed by atoms with van der Waals surface area (Å²) in [5.41, 5.74) is 0. The largest absolute Gasteiger partial charge is 0.462 e. The third kappa shape index (κ3) is 2.82. The van der Waals surface area contributed by atoms with Crippen LogP contribution >= 0.6 is 0 Å². The van der Waals surface area contributed by atoms with Gasteiger partial charge in [-0.25, -0.2) is 4.79 Å². The molecule has 0 N–H and O–H groups in total. The number of esters is 1. The van der Waals surface area contributed by atoms with E-state index in [1.54, 1.807) is 0 Å². The Morgan fingerprint density at radius 2 is 2.12 bits per heavy atom. The van der Waals surface area contributed by atoms with Gasteiger partial charge in [0.1, 0.15) is 5.78 Å². The highest BCUT2D eigenvalue weighted by Crippen LogP contribution is 2.24. The fraction of sp³-hybridized carbons (Fsp3) is 0.833. The molecule has 0 radical (unpaired) electrons. The zero-order valence-electron chi connectivity index (χ0n) is 10.7. The van der Waals surface area contributed by atoms with Gasteiger partial charge >= 0.3 is 5.97 Å². The van der Waals surface area contributed by atoms with Gasteiger partial charge in [-0.05, 0) is 13.8 Å². The van der Waals surface area contributed by atoms with Crippen molar-refractivity contribution in [2.75, 3.05) is 26.7 Å². The average Bonchev–Trinajstić information content (AvgIpc) is 2.15. The van der Waals surface area contributed by atoms with E-state index in [-0.39, 0.29) is 17.9 Å². The molecule has 0 aromatic carbocycles. The second-order valence-corrected chi connectivity index (χ2v) is 5.05. The number of nitrogens with zero attached hydrogens (tertiary/aromatic N) is 1. The van der Waals surface area contributed by atoms with Gasteiger partial charge in [-0.1, -0.05) is 6.92 Å². The Bertz CT molecular complexity index is 290. The minimum Gasteiger partial charge on any atom is -0.462 e. The number of likely N-dealkylation sites (tertiary alicyclic amines) is 1. The Balaban J connectivity index is 2.68. The number of ketones is 1. The first kappa shape index (κ1) is 13.2. The quantitative estimate of drug-likeness (QED) is 0.534. The number of Topliss-reactive ketones (excluding diaryl/α,β-unsaturated/α-hetero) is 1. The molecule has 16 heavy (non-hydrogen) atoms. The zero-order chi connectivity index (χ0) is 12.3. The molecule has 1 aliphatic heterocycles. The van der Waals surface area contributed by atoms with E-state index in [0.29, 0.717) is 29.8 Å². The molecule has 0 saturated carbocycles. The van der Waals surface area contributed by atoms with Crippen molar-refractivity contribution >= 4 is 11.8 Å². The van der Waals surface area contributed by atoms with E-state index in [1.165, 1.54) is 0 Å². The zero-order valence-corrected chi connectivity index (χ0v) is 10.7. The Morgan fingerprint density at radius 1 is 1.50 bits per heavy atom. The Hall–Kier alpha value is -0.900. The van der Waals surface area contributed by atoms with Crippen molar-refractivity contribution in [3.63, 3.8) is 0 Å². The fourth-order valence-corrected chi connectivity index (χ4v) is 2.34. The van der Waals surface area contributed by atoms with Gasteiger partial charge in [-0.15, -0.1) is 0 Å². The highest BCUT2D eigenvalue weighted by atomic mass is 16.5. The first-order valence-electron chi connectivity index (χ1n) is 5.91. The second-order valence-electron chi connectivity index (χ2n) is 5.05. The summed E-state index contributed by atoms with van der Waals surface area (Å²) in [5, 5.41) is 0. The lowest BCUT2D eigenvalue weighted by atomic mass is 9.91. The maximum absolute atomic E-state index is 11.6. The van der Waals surface area contributed by atoms with Crippen LogP contribution in [0.3, 0.4) is 0 Å². The van der Waals surface area contributed by atoms with E-state index in [1.807, 2.05) is 27.8 Å². The first-order chi connectivity index (χ1) is 7.39. The molecule has 3 atom stereocenters. The Morgan fingerprint density at radius 3 is 2.69 bits per heavy atom. The lowest BCUT2D eigenvalue weighted by Crippen LogP contribution is -2.60. The molecule has 1 fully saturated rings. The first-order valence-corrected chi connectivity index (χ1v) is 5.91. The highest BCUT2D eigenvalue weighted by molar-refractivity contribution is 5.82. The van der Waals surface area contributed by atoms with Gasteiger partial charge in [0.05, 0.1) is 38.6 Å². The Labute approximate surface area is 97.2 Å². The molecule has 0 spiro atoms. The van der Waals surface area contributed by atoms with E-state index in [2.05, 4.69) is 0 Å². The minimum absolute atomic E-state index is 0.0515. The number of carbonyl (C=O) groups excluding carboxylic acids is 2. The van der Waals surface area contributed by atoms with Crippen molar-refractivity contribution < 1.29 is 18.8 Å². The standard InChI is InChI=1S/C12H22NO3/c1-5-16-12(15)8-13(4)7-9(2)11(14)6-10(13)3/h9-10H,5-8H2,1-4H3/q+1. The van der Waals surface area contributed by atoms with E-state index in [4.69, 9.17) is 4.74 Å². The van der Waals surface area contributed by atoms with Crippen LogP contribution in [0, 0.1) is 5.92 Å². The van der Waals surface area contributed by atoms with Crippen LogP contribution in [-0.2, 0) is 14.3 Å². The van der Waals surface area contributed by atoms with Crippen LogP contribution in [0.15, 0.2) is 0 Å². The fourth-order valence-electron chi connectivity index (χ4n) is 2.34. The number of piperidine rings is 1. The summed E-state index contributed by atoms with van der Waals surface area (Å²) in [6, 6.07) is 0.202. The topological polar surface area (TPSA) is 43.4 Å². The summed E-state index contributed by atoms with van der Waals surface area (Å²) in [7, 11) is 2.03. The number of ether oxygens (including phenoxy) is 1. The Kier molecular flexibility index (Phi) is 4.08. The summed E-state index contributed by atoms with van der Waals surface area (Å²) >= 11 is 0. The van der Waals surface area contributed by atoms with Crippen molar-refractivity contribution in [3.8, 4) is 0 Å². The predicted octanol–water partition coefficient (Wildman–Crippen LogP) is 0.994. The van der Waals surface area contributed by atoms with Gasteiger partial charge in [0, 0.05) is 0 Å². The van der Waals surface area contributed by atoms with Crippen LogP contribution in [-0.4, -0.2) is 49.0 Å². The molecule has 1 rings (SSSR count). The van der Waals surface area contributed by atoms with Gasteiger partial charge in [0.15, 0.2) is 6.54 Å². The summed E-state index contributed by atoms with van der Waals surface area (Å²) in [6.45, 7) is 7.30. The smallest absolute Gasteiger partial charge is 0.361 e. The number of hydrogen-bond donors (Lipinski definition) is 0. The van der Waals surface area contributed by atoms with Crippen molar-refractivity contribution in [1.82, 2.24) is 0 Å². The van der Waals surface area contributed by atoms with Crippen LogP contribution in [0.1, 0.15) is 27.2 Å². The van der Waals surface area contributed by atoms with E-state index in [9.17, 15) is 9.59 Å². The molecule has 4 nitrogen and oxygen atoms in total. The normalized spacial score (nSPS) is 34.9. The van der Waals surface area contributed by atoms with E-state index >= 15 is 0 Å². The number of quaternary nitrogens is 1. The molecule has 0 aliphatic carbocycles. The van der Waals surface area contributed by atoms with Gasteiger partial charge in [0.25, 0.3) is 0 Å². The van der Waals surface area contributed by atoms with Crippen molar-refractivity contribution in [3.05, 3.63) is 0 Å². The minimum atomic E-state index is -0.168. The molecule has 4 heteroatoms. The van der Waals surface area contributed by atoms with Crippen LogP contribution in [0.25, 0.3) is 0 Å². The third-order valence-electron chi connectivity index (χ3n) is 3.60. The third-order valence-corrected chi connectivity index (χ3v) is 3.60. The summed E-state index contributed by atoms with van der Waals surface area (Å²) < 4.78 is 5.60. The predicted molar refractivity (Wildman–Crippen MR) is 60.8 cm³/mol. The molecular weight excluding hydrogens is 206 g/mol. The monoisotopic (exact) mass is 228 g/mol. The SMILES string of the molecule is CCOC(=O)C[N+]1(C)CC(C)C(=O)CC1C. The second kappa shape index (κ2) is 4.95. The van der Waals surface area contributed by atoms with E-state index < -0.39 is 0 Å². The summed E-state index contributed by atoms with van der Waals surface area (Å²) in [6.07, 6.45) is 0.567. The van der Waals surface area contributed by atoms with Crippen LogP contribution in [0.2, 0.25) is 0 Å². The average molecular weight is 228 g/mol.